The van der Waals surface area contributed by atoms with Crippen molar-refractivity contribution in [3.8, 4) is 0 Å². The molecule has 0 aliphatic heterocycles. The molecule has 4 nitrogen and oxygen atoms in total. The van der Waals surface area contributed by atoms with Crippen molar-refractivity contribution < 1.29 is 13.2 Å². The lowest BCUT2D eigenvalue weighted by molar-refractivity contribution is 0.525. The first-order chi connectivity index (χ1) is 10.1. The summed E-state index contributed by atoms with van der Waals surface area (Å²) in [7, 11) is -3.58. The molecular weight excluding hydrogens is 286 g/mol. The molecule has 0 aromatic heterocycles. The van der Waals surface area contributed by atoms with Gasteiger partial charge in [-0.25, -0.2) is 13.1 Å². The van der Waals surface area contributed by atoms with Crippen LogP contribution in [0.3, 0.4) is 0 Å². The number of hydrogen-bond donors (Lipinski definition) is 1. The quantitative estimate of drug-likeness (QED) is 0.848. The van der Waals surface area contributed by atoms with Crippen LogP contribution in [0.1, 0.15) is 11.1 Å². The number of nitrogens with one attached hydrogen (secondary N) is 1. The third kappa shape index (κ3) is 5.13. The topological polar surface area (TPSA) is 63.2 Å². The Labute approximate surface area is 124 Å². The van der Waals surface area contributed by atoms with Crippen LogP contribution in [-0.2, 0) is 27.0 Å². The highest BCUT2D eigenvalue weighted by Crippen LogP contribution is 2.07. The highest BCUT2D eigenvalue weighted by Gasteiger charge is 2.19. The van der Waals surface area contributed by atoms with Crippen LogP contribution in [-0.4, -0.2) is 20.7 Å². The molecular formula is C16H16NO3S. The van der Waals surface area contributed by atoms with Gasteiger partial charge in [0.25, 0.3) is 0 Å². The van der Waals surface area contributed by atoms with Crippen molar-refractivity contribution in [1.29, 1.82) is 0 Å². The number of rotatable bonds is 7. The molecule has 0 bridgehead atoms. The number of carbonyl (C=O) groups excluding carboxylic acids is 1. The fourth-order valence-corrected chi connectivity index (χ4v) is 3.29. The lowest BCUT2D eigenvalue weighted by Gasteiger charge is -2.12. The molecule has 2 aromatic carbocycles. The molecule has 1 N–H and O–H groups in total. The predicted octanol–water partition coefficient (Wildman–Crippen LogP) is 1.83. The third-order valence-electron chi connectivity index (χ3n) is 2.95. The highest BCUT2D eigenvalue weighted by molar-refractivity contribution is 7.88. The van der Waals surface area contributed by atoms with Crippen LogP contribution < -0.4 is 4.72 Å². The second-order valence-electron chi connectivity index (χ2n) is 4.72. The number of sulfonamides is 1. The molecule has 0 saturated heterocycles. The van der Waals surface area contributed by atoms with E-state index in [1.54, 1.807) is 30.6 Å². The molecule has 0 saturated carbocycles. The molecule has 2 aromatic rings. The Morgan fingerprint density at radius 3 is 1.95 bits per heavy atom. The summed E-state index contributed by atoms with van der Waals surface area (Å²) in [5.41, 5.74) is 1.56. The molecule has 0 spiro atoms. The van der Waals surface area contributed by atoms with E-state index in [9.17, 15) is 13.2 Å². The average molecular weight is 302 g/mol. The Hall–Kier alpha value is -1.98. The largest absolute Gasteiger partial charge is 0.289 e. The van der Waals surface area contributed by atoms with E-state index in [-0.39, 0.29) is 5.75 Å². The molecule has 0 amide bonds. The zero-order valence-corrected chi connectivity index (χ0v) is 12.2. The summed E-state index contributed by atoms with van der Waals surface area (Å²) in [6, 6.07) is 17.2. The minimum absolute atomic E-state index is 0.152. The summed E-state index contributed by atoms with van der Waals surface area (Å²) < 4.78 is 26.5. The monoisotopic (exact) mass is 302 g/mol. The normalized spacial score (nSPS) is 12.8. The molecule has 21 heavy (non-hydrogen) atoms. The Kier molecular flexibility index (Phi) is 5.25. The predicted molar refractivity (Wildman–Crippen MR) is 81.8 cm³/mol. The molecule has 0 aliphatic carbocycles. The van der Waals surface area contributed by atoms with Crippen LogP contribution in [0.25, 0.3) is 0 Å². The van der Waals surface area contributed by atoms with Crippen LogP contribution in [0.2, 0.25) is 0 Å². The van der Waals surface area contributed by atoms with E-state index in [1.165, 1.54) is 0 Å². The maximum atomic E-state index is 12.1. The van der Waals surface area contributed by atoms with E-state index in [2.05, 4.69) is 4.72 Å². The molecule has 0 heterocycles. The Morgan fingerprint density at radius 2 is 1.43 bits per heavy atom. The van der Waals surface area contributed by atoms with Crippen molar-refractivity contribution in [3.05, 3.63) is 71.8 Å². The molecule has 2 rings (SSSR count). The van der Waals surface area contributed by atoms with Crippen LogP contribution in [0.5, 0.6) is 0 Å². The molecule has 0 unspecified atom stereocenters. The molecule has 1 atom stereocenters. The van der Waals surface area contributed by atoms with Gasteiger partial charge < -0.3 is 0 Å². The van der Waals surface area contributed by atoms with Crippen LogP contribution in [0, 0.1) is 0 Å². The van der Waals surface area contributed by atoms with Gasteiger partial charge in [-0.15, -0.1) is 0 Å². The van der Waals surface area contributed by atoms with Crippen molar-refractivity contribution >= 4 is 16.3 Å². The van der Waals surface area contributed by atoms with E-state index in [0.717, 1.165) is 5.56 Å². The van der Waals surface area contributed by atoms with Crippen LogP contribution in [0.4, 0.5) is 0 Å². The fraction of sp³-hybridized carbons (Fsp3) is 0.188. The summed E-state index contributed by atoms with van der Waals surface area (Å²) in [5.74, 6) is -0.152. The van der Waals surface area contributed by atoms with Crippen LogP contribution in [0.15, 0.2) is 60.7 Å². The fourth-order valence-electron chi connectivity index (χ4n) is 2.01. The van der Waals surface area contributed by atoms with E-state index >= 15 is 0 Å². The Morgan fingerprint density at radius 1 is 0.905 bits per heavy atom. The van der Waals surface area contributed by atoms with Gasteiger partial charge in [0, 0.05) is 0 Å². The van der Waals surface area contributed by atoms with Gasteiger partial charge in [0.05, 0.1) is 11.8 Å². The third-order valence-corrected chi connectivity index (χ3v) is 4.30. The lowest BCUT2D eigenvalue weighted by atomic mass is 10.1. The summed E-state index contributed by atoms with van der Waals surface area (Å²) in [4.78, 5) is 11.0. The standard InChI is InChI=1S/C16H16NO3S/c18-12-16(11-14-7-3-1-4-8-14)17-21(19,20)13-15-9-5-2-6-10-15/h1-10,16-17H,11,13H2/t16-/m1/s1. The van der Waals surface area contributed by atoms with Crippen molar-refractivity contribution in [3.63, 3.8) is 0 Å². The van der Waals surface area contributed by atoms with E-state index in [4.69, 9.17) is 0 Å². The zero-order chi connectivity index (χ0) is 15.1. The molecule has 0 aliphatic rings. The molecule has 1 radical (unpaired) electrons. The van der Waals surface area contributed by atoms with Gasteiger partial charge in [0.15, 0.2) is 0 Å². The van der Waals surface area contributed by atoms with Crippen molar-refractivity contribution in [2.24, 2.45) is 0 Å². The second kappa shape index (κ2) is 7.15. The van der Waals surface area contributed by atoms with Crippen molar-refractivity contribution in [2.45, 2.75) is 18.2 Å². The maximum Gasteiger partial charge on any atom is 0.218 e. The van der Waals surface area contributed by atoms with Crippen molar-refractivity contribution in [1.82, 2.24) is 4.72 Å². The minimum atomic E-state index is -3.58. The lowest BCUT2D eigenvalue weighted by Crippen LogP contribution is -2.38. The molecule has 109 valence electrons. The number of benzene rings is 2. The summed E-state index contributed by atoms with van der Waals surface area (Å²) in [5, 5.41) is 0. The number of hydrogen-bond acceptors (Lipinski definition) is 3. The first kappa shape index (κ1) is 15.4. The average Bonchev–Trinajstić information content (AvgIpc) is 2.48. The minimum Gasteiger partial charge on any atom is -0.289 e. The van der Waals surface area contributed by atoms with E-state index in [1.807, 2.05) is 36.4 Å². The Balaban J connectivity index is 2.02. The Bertz CT molecular complexity index is 669. The molecule has 5 heteroatoms. The summed E-state index contributed by atoms with van der Waals surface area (Å²) in [6.07, 6.45) is 2.04. The van der Waals surface area contributed by atoms with Gasteiger partial charge >= 0.3 is 0 Å². The van der Waals surface area contributed by atoms with Gasteiger partial charge in [0.1, 0.15) is 0 Å². The van der Waals surface area contributed by atoms with Crippen molar-refractivity contribution in [2.75, 3.05) is 0 Å². The first-order valence-electron chi connectivity index (χ1n) is 6.54. The van der Waals surface area contributed by atoms with Gasteiger partial charge in [-0.3, -0.25) is 4.79 Å². The van der Waals surface area contributed by atoms with E-state index < -0.39 is 16.1 Å². The SMILES string of the molecule is O=[C][C@@H](Cc1ccccc1)NS(=O)(=O)Cc1ccccc1. The zero-order valence-electron chi connectivity index (χ0n) is 11.4. The molecule has 0 fully saturated rings. The van der Waals surface area contributed by atoms with Crippen LogP contribution >= 0.6 is 0 Å². The maximum absolute atomic E-state index is 12.1. The summed E-state index contributed by atoms with van der Waals surface area (Å²) in [6.45, 7) is 0. The van der Waals surface area contributed by atoms with E-state index in [0.29, 0.717) is 12.0 Å². The summed E-state index contributed by atoms with van der Waals surface area (Å²) >= 11 is 0. The first-order valence-corrected chi connectivity index (χ1v) is 8.20. The van der Waals surface area contributed by atoms with Gasteiger partial charge in [-0.2, -0.15) is 0 Å². The van der Waals surface area contributed by atoms with Gasteiger partial charge in [-0.05, 0) is 17.5 Å². The van der Waals surface area contributed by atoms with Gasteiger partial charge in [-0.1, -0.05) is 60.7 Å². The second-order valence-corrected chi connectivity index (χ2v) is 6.48. The highest BCUT2D eigenvalue weighted by atomic mass is 32.2. The smallest absolute Gasteiger partial charge is 0.218 e. The van der Waals surface area contributed by atoms with Gasteiger partial charge in [0.2, 0.25) is 16.3 Å².